The molecule has 136 valence electrons. The van der Waals surface area contributed by atoms with Gasteiger partial charge in [0, 0.05) is 12.2 Å². The fraction of sp³-hybridized carbons (Fsp3) is 0.400. The number of unbranched alkanes of at least 4 members (excludes halogenated alkanes) is 5. The van der Waals surface area contributed by atoms with Crippen LogP contribution in [0, 0.1) is 22.7 Å². The van der Waals surface area contributed by atoms with Crippen molar-refractivity contribution in [2.24, 2.45) is 0 Å². The van der Waals surface area contributed by atoms with Crippen molar-refractivity contribution in [3.05, 3.63) is 34.8 Å². The molecule has 0 aliphatic rings. The monoisotopic (exact) mass is 354 g/mol. The molecule has 0 fully saturated rings. The summed E-state index contributed by atoms with van der Waals surface area (Å²) in [6.07, 6.45) is 9.41. The topological polar surface area (TPSA) is 104 Å². The maximum atomic E-state index is 11.9. The van der Waals surface area contributed by atoms with Crippen molar-refractivity contribution in [1.82, 2.24) is 0 Å². The average Bonchev–Trinajstić information content (AvgIpc) is 3.10. The van der Waals surface area contributed by atoms with E-state index in [0.717, 1.165) is 19.3 Å². The highest BCUT2D eigenvalue weighted by Crippen LogP contribution is 2.15. The molecule has 0 spiro atoms. The van der Waals surface area contributed by atoms with Crippen LogP contribution >= 0.6 is 0 Å². The van der Waals surface area contributed by atoms with Crippen LogP contribution in [0.2, 0.25) is 0 Å². The number of carbonyl (C=O) groups is 2. The zero-order valence-corrected chi connectivity index (χ0v) is 14.9. The molecule has 1 rings (SSSR count). The molecule has 0 aromatic carbocycles. The van der Waals surface area contributed by atoms with Gasteiger partial charge in [0.1, 0.15) is 29.2 Å². The average molecular weight is 354 g/mol. The van der Waals surface area contributed by atoms with Crippen molar-refractivity contribution in [2.45, 2.75) is 45.4 Å². The van der Waals surface area contributed by atoms with Gasteiger partial charge in [-0.1, -0.05) is 39.0 Å². The van der Waals surface area contributed by atoms with Crippen LogP contribution in [0.25, 0.3) is 12.2 Å². The molecule has 1 aromatic rings. The van der Waals surface area contributed by atoms with Gasteiger partial charge >= 0.3 is 5.97 Å². The summed E-state index contributed by atoms with van der Waals surface area (Å²) in [4.78, 5) is 22.5. The Bertz CT molecular complexity index is 745. The number of hydrogen-bond donors (Lipinski definition) is 0. The first-order valence-corrected chi connectivity index (χ1v) is 8.60. The van der Waals surface area contributed by atoms with Crippen LogP contribution in [-0.2, 0) is 14.3 Å². The van der Waals surface area contributed by atoms with Crippen LogP contribution in [-0.4, -0.2) is 18.9 Å². The number of esters is 1. The molecule has 0 atom stereocenters. The highest BCUT2D eigenvalue weighted by atomic mass is 16.5. The van der Waals surface area contributed by atoms with Gasteiger partial charge in [0.15, 0.2) is 6.29 Å². The van der Waals surface area contributed by atoms with Gasteiger partial charge in [-0.3, -0.25) is 4.79 Å². The van der Waals surface area contributed by atoms with Crippen LogP contribution in [0.5, 0.6) is 0 Å². The summed E-state index contributed by atoms with van der Waals surface area (Å²) >= 11 is 0. The maximum absolute atomic E-state index is 11.9. The quantitative estimate of drug-likeness (QED) is 0.194. The van der Waals surface area contributed by atoms with Gasteiger partial charge in [0.05, 0.1) is 12.2 Å². The molecule has 6 heteroatoms. The Hall–Kier alpha value is -3.12. The van der Waals surface area contributed by atoms with E-state index in [-0.39, 0.29) is 29.3 Å². The van der Waals surface area contributed by atoms with Crippen molar-refractivity contribution in [2.75, 3.05) is 6.61 Å². The van der Waals surface area contributed by atoms with Gasteiger partial charge < -0.3 is 9.15 Å². The lowest BCUT2D eigenvalue weighted by molar-refractivity contribution is -0.138. The third-order valence-electron chi connectivity index (χ3n) is 3.56. The normalized spacial score (nSPS) is 11.5. The van der Waals surface area contributed by atoms with Crippen molar-refractivity contribution in [3.63, 3.8) is 0 Å². The minimum Gasteiger partial charge on any atom is -0.462 e. The first kappa shape index (κ1) is 20.9. The van der Waals surface area contributed by atoms with Crippen molar-refractivity contribution in [3.8, 4) is 12.1 Å². The fourth-order valence-electron chi connectivity index (χ4n) is 2.17. The van der Waals surface area contributed by atoms with Crippen LogP contribution in [0.15, 0.2) is 27.7 Å². The molecule has 1 heterocycles. The largest absolute Gasteiger partial charge is 0.462 e. The Morgan fingerprint density at radius 2 is 1.73 bits per heavy atom. The Kier molecular flexibility index (Phi) is 9.88. The predicted molar refractivity (Wildman–Crippen MR) is 96.3 cm³/mol. The van der Waals surface area contributed by atoms with Crippen LogP contribution in [0.4, 0.5) is 0 Å². The van der Waals surface area contributed by atoms with Crippen LogP contribution in [0.1, 0.15) is 57.0 Å². The summed E-state index contributed by atoms with van der Waals surface area (Å²) in [5, 5.41) is 17.8. The summed E-state index contributed by atoms with van der Waals surface area (Å²) in [5.41, 5.74) is -0.259. The molecule has 0 saturated carbocycles. The number of furan rings is 1. The third kappa shape index (κ3) is 7.63. The summed E-state index contributed by atoms with van der Waals surface area (Å²) in [5.74, 6) is -0.162. The molecule has 0 saturated heterocycles. The van der Waals surface area contributed by atoms with Crippen molar-refractivity contribution < 1.29 is 18.7 Å². The number of nitriles is 2. The molecule has 0 radical (unpaired) electrons. The number of carbonyl (C=O) groups excluding carboxylic acids is 2. The highest BCUT2D eigenvalue weighted by molar-refractivity contribution is 5.97. The Labute approximate surface area is 153 Å². The summed E-state index contributed by atoms with van der Waals surface area (Å²) in [7, 11) is 0. The van der Waals surface area contributed by atoms with Gasteiger partial charge in [0.2, 0.25) is 0 Å². The lowest BCUT2D eigenvalue weighted by Crippen LogP contribution is -2.07. The molecule has 0 bridgehead atoms. The smallest absolute Gasteiger partial charge is 0.349 e. The van der Waals surface area contributed by atoms with Crippen LogP contribution in [0.3, 0.4) is 0 Å². The Morgan fingerprint density at radius 1 is 1.08 bits per heavy atom. The van der Waals surface area contributed by atoms with E-state index in [1.54, 1.807) is 12.1 Å². The van der Waals surface area contributed by atoms with Gasteiger partial charge in [0.25, 0.3) is 0 Å². The second kappa shape index (κ2) is 12.3. The first-order chi connectivity index (χ1) is 12.6. The van der Waals surface area contributed by atoms with E-state index in [0.29, 0.717) is 6.29 Å². The number of ether oxygens (including phenoxy) is 1. The third-order valence-corrected chi connectivity index (χ3v) is 3.56. The lowest BCUT2D eigenvalue weighted by atomic mass is 10.1. The number of rotatable bonds is 11. The van der Waals surface area contributed by atoms with Crippen molar-refractivity contribution in [1.29, 1.82) is 10.5 Å². The van der Waals surface area contributed by atoms with Gasteiger partial charge in [-0.05, 0) is 18.6 Å². The van der Waals surface area contributed by atoms with Crippen molar-refractivity contribution >= 4 is 24.4 Å². The first-order valence-electron chi connectivity index (χ1n) is 8.60. The molecule has 0 unspecified atom stereocenters. The second-order valence-electron chi connectivity index (χ2n) is 5.64. The van der Waals surface area contributed by atoms with Crippen LogP contribution < -0.4 is 0 Å². The number of hydrogen-bond acceptors (Lipinski definition) is 6. The van der Waals surface area contributed by atoms with E-state index in [9.17, 15) is 9.59 Å². The zero-order chi connectivity index (χ0) is 19.2. The molecule has 0 amide bonds. The molecule has 0 aliphatic carbocycles. The number of allylic oxidation sites excluding steroid dienone is 1. The SMILES string of the molecule is CCCCCCCCOC(=O)/C(C#N)=C/c1ccc(/C=C(\C#N)C=O)o1. The minimum absolute atomic E-state index is 0.0891. The predicted octanol–water partition coefficient (Wildman–Crippen LogP) is 4.20. The van der Waals surface area contributed by atoms with E-state index in [2.05, 4.69) is 6.92 Å². The second-order valence-corrected chi connectivity index (χ2v) is 5.64. The van der Waals surface area contributed by atoms with E-state index in [4.69, 9.17) is 19.7 Å². The number of aldehydes is 1. The fourth-order valence-corrected chi connectivity index (χ4v) is 2.17. The van der Waals surface area contributed by atoms with E-state index < -0.39 is 5.97 Å². The molecule has 0 aliphatic heterocycles. The Morgan fingerprint density at radius 3 is 2.35 bits per heavy atom. The molecule has 1 aromatic heterocycles. The van der Waals surface area contributed by atoms with E-state index >= 15 is 0 Å². The highest BCUT2D eigenvalue weighted by Gasteiger charge is 2.12. The minimum atomic E-state index is -0.694. The summed E-state index contributed by atoms with van der Waals surface area (Å²) in [6.45, 7) is 2.43. The standard InChI is InChI=1S/C20H22N2O4/c1-2-3-4-5-6-7-10-25-20(24)17(14-22)12-19-9-8-18(26-19)11-16(13-21)15-23/h8-9,11-12,15H,2-7,10H2,1H3/b16-11+,17-12+. The molecule has 0 N–H and O–H groups in total. The maximum Gasteiger partial charge on any atom is 0.349 e. The summed E-state index contributed by atoms with van der Waals surface area (Å²) in [6, 6.07) is 6.57. The zero-order valence-electron chi connectivity index (χ0n) is 14.9. The molecular weight excluding hydrogens is 332 g/mol. The lowest BCUT2D eigenvalue weighted by Gasteiger charge is -2.03. The van der Waals surface area contributed by atoms with E-state index in [1.165, 1.54) is 43.5 Å². The van der Waals surface area contributed by atoms with Gasteiger partial charge in [-0.15, -0.1) is 0 Å². The van der Waals surface area contributed by atoms with Gasteiger partial charge in [-0.2, -0.15) is 10.5 Å². The summed E-state index contributed by atoms with van der Waals surface area (Å²) < 4.78 is 10.5. The van der Waals surface area contributed by atoms with E-state index in [1.807, 2.05) is 0 Å². The van der Waals surface area contributed by atoms with Gasteiger partial charge in [-0.25, -0.2) is 4.79 Å². The molecular formula is C20H22N2O4. The Balaban J connectivity index is 2.57. The molecule has 26 heavy (non-hydrogen) atoms. The number of nitrogens with zero attached hydrogens (tertiary/aromatic N) is 2. The molecule has 6 nitrogen and oxygen atoms in total.